The predicted octanol–water partition coefficient (Wildman–Crippen LogP) is 4.50. The summed E-state index contributed by atoms with van der Waals surface area (Å²) in [6.45, 7) is 2.28. The van der Waals surface area contributed by atoms with Crippen molar-refractivity contribution in [2.45, 2.75) is 43.5 Å². The molecule has 2 aromatic carbocycles. The fraction of sp³-hybridized carbons (Fsp3) is 0.375. The Hall–Kier alpha value is -3.20. The minimum Gasteiger partial charge on any atom is -0.452 e. The largest absolute Gasteiger partial charge is 0.452 e. The SMILES string of the molecule is CCC1CCCCN1C(=O)COC(=O)c1ccccc1C(=O)c1ccc(SC)c([N+](=O)[O-])c1. The molecule has 1 aliphatic rings. The smallest absolute Gasteiger partial charge is 0.339 e. The number of thioether (sulfide) groups is 1. The highest BCUT2D eigenvalue weighted by Crippen LogP contribution is 2.29. The van der Waals surface area contributed by atoms with Crippen LogP contribution in [0.3, 0.4) is 0 Å². The third-order valence-electron chi connectivity index (χ3n) is 5.77. The van der Waals surface area contributed by atoms with Crippen LogP contribution in [0.5, 0.6) is 0 Å². The van der Waals surface area contributed by atoms with Crippen molar-refractivity contribution in [2.24, 2.45) is 0 Å². The fourth-order valence-corrected chi connectivity index (χ4v) is 4.58. The lowest BCUT2D eigenvalue weighted by Gasteiger charge is -2.35. The molecule has 0 saturated carbocycles. The second kappa shape index (κ2) is 11.1. The first-order valence-electron chi connectivity index (χ1n) is 10.8. The Morgan fingerprint density at radius 3 is 2.55 bits per heavy atom. The van der Waals surface area contributed by atoms with Gasteiger partial charge in [-0.25, -0.2) is 4.79 Å². The van der Waals surface area contributed by atoms with E-state index >= 15 is 0 Å². The van der Waals surface area contributed by atoms with E-state index in [-0.39, 0.29) is 34.3 Å². The van der Waals surface area contributed by atoms with Crippen molar-refractivity contribution < 1.29 is 24.0 Å². The van der Waals surface area contributed by atoms with Crippen LogP contribution in [-0.2, 0) is 9.53 Å². The van der Waals surface area contributed by atoms with E-state index in [1.54, 1.807) is 23.3 Å². The van der Waals surface area contributed by atoms with Crippen LogP contribution in [0, 0.1) is 10.1 Å². The van der Waals surface area contributed by atoms with Crippen LogP contribution >= 0.6 is 11.8 Å². The molecular formula is C24H26N2O6S. The molecule has 1 fully saturated rings. The molecule has 174 valence electrons. The summed E-state index contributed by atoms with van der Waals surface area (Å²) in [4.78, 5) is 51.5. The van der Waals surface area contributed by atoms with Gasteiger partial charge in [0.25, 0.3) is 11.6 Å². The Bertz CT molecular complexity index is 1070. The Labute approximate surface area is 196 Å². The molecule has 1 amide bonds. The number of hydrogen-bond donors (Lipinski definition) is 0. The van der Waals surface area contributed by atoms with Crippen molar-refractivity contribution in [3.8, 4) is 0 Å². The molecule has 1 saturated heterocycles. The number of carbonyl (C=O) groups is 3. The number of amides is 1. The third-order valence-corrected chi connectivity index (χ3v) is 6.56. The van der Waals surface area contributed by atoms with Gasteiger partial charge < -0.3 is 9.64 Å². The van der Waals surface area contributed by atoms with Crippen LogP contribution in [0.15, 0.2) is 47.4 Å². The van der Waals surface area contributed by atoms with Crippen LogP contribution in [-0.4, -0.2) is 52.9 Å². The van der Waals surface area contributed by atoms with Crippen LogP contribution < -0.4 is 0 Å². The topological polar surface area (TPSA) is 107 Å². The van der Waals surface area contributed by atoms with E-state index in [0.29, 0.717) is 11.4 Å². The molecule has 2 aromatic rings. The first-order chi connectivity index (χ1) is 15.9. The summed E-state index contributed by atoms with van der Waals surface area (Å²) in [6, 6.07) is 10.5. The van der Waals surface area contributed by atoms with Gasteiger partial charge in [-0.05, 0) is 50.1 Å². The Morgan fingerprint density at radius 1 is 1.15 bits per heavy atom. The maximum absolute atomic E-state index is 13.1. The highest BCUT2D eigenvalue weighted by molar-refractivity contribution is 7.98. The zero-order valence-corrected chi connectivity index (χ0v) is 19.4. The van der Waals surface area contributed by atoms with Crippen molar-refractivity contribution in [1.29, 1.82) is 0 Å². The number of nitro groups is 1. The van der Waals surface area contributed by atoms with Crippen LogP contribution in [0.2, 0.25) is 0 Å². The molecular weight excluding hydrogens is 444 g/mol. The number of esters is 1. The molecule has 8 nitrogen and oxygen atoms in total. The summed E-state index contributed by atoms with van der Waals surface area (Å²) in [7, 11) is 0. The maximum atomic E-state index is 13.1. The molecule has 9 heteroatoms. The standard InChI is InChI=1S/C24H26N2O6S/c1-3-17-8-6-7-13-25(17)22(27)15-32-24(29)19-10-5-4-9-18(19)23(28)16-11-12-21(33-2)20(14-16)26(30)31/h4-5,9-12,14,17H,3,6-8,13,15H2,1-2H3. The van der Waals surface area contributed by atoms with Crippen molar-refractivity contribution in [2.75, 3.05) is 19.4 Å². The minimum atomic E-state index is -0.785. The zero-order valence-electron chi connectivity index (χ0n) is 18.6. The number of rotatable bonds is 8. The number of ketones is 1. The summed E-state index contributed by atoms with van der Waals surface area (Å²) in [5, 5.41) is 11.4. The summed E-state index contributed by atoms with van der Waals surface area (Å²) < 4.78 is 5.27. The molecule has 0 bridgehead atoms. The molecule has 0 radical (unpaired) electrons. The van der Waals surface area contributed by atoms with Crippen molar-refractivity contribution in [3.63, 3.8) is 0 Å². The lowest BCUT2D eigenvalue weighted by Crippen LogP contribution is -2.45. The van der Waals surface area contributed by atoms with Crippen LogP contribution in [0.25, 0.3) is 0 Å². The molecule has 0 N–H and O–H groups in total. The van der Waals surface area contributed by atoms with Gasteiger partial charge in [0.2, 0.25) is 0 Å². The fourth-order valence-electron chi connectivity index (χ4n) is 4.03. The van der Waals surface area contributed by atoms with Gasteiger partial charge in [-0.3, -0.25) is 19.7 Å². The number of likely N-dealkylation sites (tertiary alicyclic amines) is 1. The second-order valence-corrected chi connectivity index (χ2v) is 8.59. The molecule has 33 heavy (non-hydrogen) atoms. The van der Waals surface area contributed by atoms with E-state index in [1.807, 2.05) is 6.92 Å². The number of carbonyl (C=O) groups excluding carboxylic acids is 3. The first kappa shape index (κ1) is 24.4. The highest BCUT2D eigenvalue weighted by Gasteiger charge is 2.27. The van der Waals surface area contributed by atoms with Gasteiger partial charge in [0, 0.05) is 29.8 Å². The number of piperidine rings is 1. The third kappa shape index (κ3) is 5.60. The van der Waals surface area contributed by atoms with Crippen LogP contribution in [0.1, 0.15) is 58.9 Å². The van der Waals surface area contributed by atoms with Crippen molar-refractivity contribution in [3.05, 3.63) is 69.3 Å². The highest BCUT2D eigenvalue weighted by atomic mass is 32.2. The van der Waals surface area contributed by atoms with E-state index in [1.165, 1.54) is 42.1 Å². The van der Waals surface area contributed by atoms with Crippen molar-refractivity contribution in [1.82, 2.24) is 4.90 Å². The Morgan fingerprint density at radius 2 is 1.88 bits per heavy atom. The van der Waals surface area contributed by atoms with E-state index in [4.69, 9.17) is 4.74 Å². The summed E-state index contributed by atoms with van der Waals surface area (Å²) >= 11 is 1.21. The van der Waals surface area contributed by atoms with Gasteiger partial charge >= 0.3 is 5.97 Å². The number of ether oxygens (including phenoxy) is 1. The summed E-state index contributed by atoms with van der Waals surface area (Å²) in [5.74, 6) is -1.57. The summed E-state index contributed by atoms with van der Waals surface area (Å²) in [5.41, 5.74) is -0.0101. The summed E-state index contributed by atoms with van der Waals surface area (Å²) in [6.07, 6.45) is 5.50. The molecule has 1 unspecified atom stereocenters. The predicted molar refractivity (Wildman–Crippen MR) is 125 cm³/mol. The van der Waals surface area contributed by atoms with Gasteiger partial charge in [-0.1, -0.05) is 25.1 Å². The van der Waals surface area contributed by atoms with Gasteiger partial charge in [-0.2, -0.15) is 0 Å². The number of hydrogen-bond acceptors (Lipinski definition) is 7. The van der Waals surface area contributed by atoms with Crippen LogP contribution in [0.4, 0.5) is 5.69 Å². The Balaban J connectivity index is 1.78. The molecule has 0 spiro atoms. The maximum Gasteiger partial charge on any atom is 0.339 e. The molecule has 1 aliphatic heterocycles. The van der Waals surface area contributed by atoms with Crippen molar-refractivity contribution >= 4 is 35.1 Å². The van der Waals surface area contributed by atoms with Gasteiger partial charge in [-0.15, -0.1) is 11.8 Å². The van der Waals surface area contributed by atoms with E-state index in [2.05, 4.69) is 0 Å². The molecule has 1 heterocycles. The average molecular weight is 471 g/mol. The lowest BCUT2D eigenvalue weighted by atomic mass is 9.98. The quantitative estimate of drug-likeness (QED) is 0.184. The zero-order chi connectivity index (χ0) is 24.0. The number of benzene rings is 2. The molecule has 0 aliphatic carbocycles. The van der Waals surface area contributed by atoms with Gasteiger partial charge in [0.1, 0.15) is 0 Å². The monoisotopic (exact) mass is 470 g/mol. The van der Waals surface area contributed by atoms with E-state index in [9.17, 15) is 24.5 Å². The van der Waals surface area contributed by atoms with Gasteiger partial charge in [0.15, 0.2) is 12.4 Å². The van der Waals surface area contributed by atoms with Gasteiger partial charge in [0.05, 0.1) is 15.4 Å². The second-order valence-electron chi connectivity index (χ2n) is 7.74. The molecule has 1 atom stereocenters. The normalized spacial score (nSPS) is 15.7. The number of nitro benzene ring substituents is 1. The lowest BCUT2D eigenvalue weighted by molar-refractivity contribution is -0.387. The van der Waals surface area contributed by atoms with E-state index < -0.39 is 23.3 Å². The van der Waals surface area contributed by atoms with E-state index in [0.717, 1.165) is 25.7 Å². The molecule has 0 aromatic heterocycles. The molecule has 3 rings (SSSR count). The Kier molecular flexibility index (Phi) is 8.21. The number of nitrogens with zero attached hydrogens (tertiary/aromatic N) is 2. The first-order valence-corrected chi connectivity index (χ1v) is 12.0. The average Bonchev–Trinajstić information content (AvgIpc) is 2.86. The minimum absolute atomic E-state index is 0.0116.